The normalized spacial score (nSPS) is 20.7. The molecule has 0 spiro atoms. The van der Waals surface area contributed by atoms with Crippen LogP contribution in [0.15, 0.2) is 29.3 Å². The molecule has 9 heteroatoms. The van der Waals surface area contributed by atoms with Gasteiger partial charge in [0.15, 0.2) is 5.96 Å². The molecule has 0 amide bonds. The molecule has 0 aliphatic heterocycles. The average Bonchev–Trinajstić information content (AvgIpc) is 2.69. The van der Waals surface area contributed by atoms with Gasteiger partial charge in [-0.25, -0.2) is 0 Å². The van der Waals surface area contributed by atoms with Gasteiger partial charge in [0.2, 0.25) is 0 Å². The summed E-state index contributed by atoms with van der Waals surface area (Å²) < 4.78 is 50.2. The van der Waals surface area contributed by atoms with E-state index in [1.54, 1.807) is 13.1 Å². The fourth-order valence-corrected chi connectivity index (χ4v) is 4.53. The van der Waals surface area contributed by atoms with Gasteiger partial charge in [0.05, 0.1) is 12.1 Å². The quantitative estimate of drug-likeness (QED) is 0.263. The van der Waals surface area contributed by atoms with E-state index in [9.17, 15) is 17.4 Å². The molecular formula is C20H27F3IN3OS. The standard InChI is InChI=1S/C20H26F3N3OS.HI/c1-3-28(27)18-11-5-10-17(14-18)26-19(24-2)25-12-6-8-15-7-4-9-16(13-15)20(21,22)23;/h4,7,9,13,17-18H,3,5,10-12,14H2,1-2H3,(H2,24,25,26);1H. The maximum atomic E-state index is 12.7. The highest BCUT2D eigenvalue weighted by atomic mass is 127. The summed E-state index contributed by atoms with van der Waals surface area (Å²) in [6, 6.07) is 5.16. The van der Waals surface area contributed by atoms with Crippen LogP contribution in [0, 0.1) is 11.8 Å². The maximum absolute atomic E-state index is 12.7. The van der Waals surface area contributed by atoms with E-state index in [-0.39, 0.29) is 41.8 Å². The molecule has 1 aromatic rings. The Morgan fingerprint density at radius 2 is 2.10 bits per heavy atom. The molecule has 0 saturated heterocycles. The lowest BCUT2D eigenvalue weighted by atomic mass is 9.95. The molecule has 0 radical (unpaired) electrons. The number of alkyl halides is 3. The van der Waals surface area contributed by atoms with E-state index in [4.69, 9.17) is 0 Å². The van der Waals surface area contributed by atoms with Gasteiger partial charge in [-0.15, -0.1) is 24.0 Å². The molecule has 162 valence electrons. The Balaban J connectivity index is 0.00000420. The Morgan fingerprint density at radius 1 is 1.34 bits per heavy atom. The third-order valence-corrected chi connectivity index (χ3v) is 6.35. The highest BCUT2D eigenvalue weighted by Crippen LogP contribution is 2.29. The molecule has 3 atom stereocenters. The van der Waals surface area contributed by atoms with Crippen LogP contribution in [0.3, 0.4) is 0 Å². The van der Waals surface area contributed by atoms with E-state index in [1.807, 2.05) is 6.92 Å². The van der Waals surface area contributed by atoms with Crippen LogP contribution in [0.25, 0.3) is 0 Å². The van der Waals surface area contributed by atoms with Crippen molar-refractivity contribution in [1.29, 1.82) is 0 Å². The predicted molar refractivity (Wildman–Crippen MR) is 123 cm³/mol. The molecule has 3 unspecified atom stereocenters. The molecule has 1 saturated carbocycles. The zero-order chi connectivity index (χ0) is 20.6. The van der Waals surface area contributed by atoms with Crippen molar-refractivity contribution >= 4 is 40.7 Å². The lowest BCUT2D eigenvalue weighted by molar-refractivity contribution is -0.137. The smallest absolute Gasteiger partial charge is 0.354 e. The van der Waals surface area contributed by atoms with Crippen LogP contribution in [0.2, 0.25) is 0 Å². The lowest BCUT2D eigenvalue weighted by Crippen LogP contribution is -2.46. The zero-order valence-electron chi connectivity index (χ0n) is 16.5. The molecule has 0 heterocycles. The van der Waals surface area contributed by atoms with Gasteiger partial charge in [-0.05, 0) is 37.5 Å². The fraction of sp³-hybridized carbons (Fsp3) is 0.550. The first-order valence-electron chi connectivity index (χ1n) is 9.34. The topological polar surface area (TPSA) is 53.5 Å². The number of benzene rings is 1. The Morgan fingerprint density at radius 3 is 2.76 bits per heavy atom. The summed E-state index contributed by atoms with van der Waals surface area (Å²) in [6.45, 7) is 2.20. The van der Waals surface area contributed by atoms with E-state index >= 15 is 0 Å². The van der Waals surface area contributed by atoms with Crippen LogP contribution in [0.1, 0.15) is 43.7 Å². The van der Waals surface area contributed by atoms with Crippen LogP contribution < -0.4 is 10.6 Å². The summed E-state index contributed by atoms with van der Waals surface area (Å²) in [5, 5.41) is 6.60. The monoisotopic (exact) mass is 541 g/mol. The Hall–Kier alpha value is -1.28. The van der Waals surface area contributed by atoms with Crippen molar-refractivity contribution in [3.8, 4) is 11.8 Å². The number of nitrogens with one attached hydrogen (secondary N) is 2. The summed E-state index contributed by atoms with van der Waals surface area (Å²) in [5.41, 5.74) is -0.391. The second-order valence-corrected chi connectivity index (χ2v) is 8.61. The number of rotatable bonds is 4. The zero-order valence-corrected chi connectivity index (χ0v) is 19.7. The Labute approximate surface area is 190 Å². The minimum atomic E-state index is -4.37. The Bertz CT molecular complexity index is 774. The van der Waals surface area contributed by atoms with E-state index in [0.717, 1.165) is 37.8 Å². The molecule has 1 fully saturated rings. The van der Waals surface area contributed by atoms with Gasteiger partial charge in [-0.3, -0.25) is 9.20 Å². The molecule has 2 rings (SSSR count). The summed E-state index contributed by atoms with van der Waals surface area (Å²) in [4.78, 5) is 4.17. The van der Waals surface area contributed by atoms with Gasteiger partial charge in [0.25, 0.3) is 0 Å². The summed E-state index contributed by atoms with van der Waals surface area (Å²) in [7, 11) is 0.863. The van der Waals surface area contributed by atoms with Gasteiger partial charge in [0, 0.05) is 40.5 Å². The highest BCUT2D eigenvalue weighted by molar-refractivity contribution is 14.0. The number of guanidine groups is 1. The van der Waals surface area contributed by atoms with Gasteiger partial charge in [-0.2, -0.15) is 13.2 Å². The Kier molecular flexibility index (Phi) is 11.0. The molecule has 29 heavy (non-hydrogen) atoms. The summed E-state index contributed by atoms with van der Waals surface area (Å²) in [6.07, 6.45) is -0.514. The van der Waals surface area contributed by atoms with Crippen molar-refractivity contribution in [2.24, 2.45) is 4.99 Å². The number of hydrogen-bond donors (Lipinski definition) is 2. The van der Waals surface area contributed by atoms with Crippen molar-refractivity contribution < 1.29 is 17.4 Å². The van der Waals surface area contributed by atoms with Crippen molar-refractivity contribution in [2.45, 2.75) is 50.1 Å². The molecule has 1 aliphatic rings. The summed E-state index contributed by atoms with van der Waals surface area (Å²) in [5.74, 6) is 6.82. The van der Waals surface area contributed by atoms with Crippen LogP contribution in [-0.4, -0.2) is 40.8 Å². The van der Waals surface area contributed by atoms with Crippen molar-refractivity contribution in [3.05, 3.63) is 35.4 Å². The maximum Gasteiger partial charge on any atom is 0.416 e. The first kappa shape index (κ1) is 25.8. The van der Waals surface area contributed by atoms with E-state index in [1.165, 1.54) is 6.07 Å². The van der Waals surface area contributed by atoms with Crippen molar-refractivity contribution in [1.82, 2.24) is 10.6 Å². The van der Waals surface area contributed by atoms with E-state index in [2.05, 4.69) is 27.5 Å². The molecule has 2 N–H and O–H groups in total. The molecule has 1 aromatic carbocycles. The second kappa shape index (κ2) is 12.4. The second-order valence-electron chi connectivity index (χ2n) is 6.61. The number of nitrogens with zero attached hydrogens (tertiary/aromatic N) is 1. The van der Waals surface area contributed by atoms with E-state index < -0.39 is 22.5 Å². The third-order valence-electron chi connectivity index (χ3n) is 4.61. The predicted octanol–water partition coefficient (Wildman–Crippen LogP) is 3.92. The first-order chi connectivity index (χ1) is 13.3. The SMILES string of the molecule is CCS(=O)C1CCCC(NC(=NC)NCC#Cc2cccc(C(F)(F)F)c2)C1.I. The molecule has 0 bridgehead atoms. The van der Waals surface area contributed by atoms with Crippen LogP contribution in [0.4, 0.5) is 13.2 Å². The average molecular weight is 541 g/mol. The number of aliphatic imine (C=N–C) groups is 1. The molecule has 0 aromatic heterocycles. The number of halogens is 4. The molecular weight excluding hydrogens is 514 g/mol. The van der Waals surface area contributed by atoms with Gasteiger partial charge < -0.3 is 10.6 Å². The van der Waals surface area contributed by atoms with E-state index in [0.29, 0.717) is 17.3 Å². The minimum absolute atomic E-state index is 0. The van der Waals surface area contributed by atoms with Gasteiger partial charge >= 0.3 is 6.18 Å². The summed E-state index contributed by atoms with van der Waals surface area (Å²) >= 11 is 0. The van der Waals surface area contributed by atoms with Crippen LogP contribution in [-0.2, 0) is 17.0 Å². The lowest BCUT2D eigenvalue weighted by Gasteiger charge is -2.30. The molecule has 4 nitrogen and oxygen atoms in total. The number of hydrogen-bond acceptors (Lipinski definition) is 2. The van der Waals surface area contributed by atoms with Crippen molar-refractivity contribution in [2.75, 3.05) is 19.3 Å². The highest BCUT2D eigenvalue weighted by Gasteiger charge is 2.30. The van der Waals surface area contributed by atoms with Gasteiger partial charge in [0.1, 0.15) is 0 Å². The fourth-order valence-electron chi connectivity index (χ4n) is 3.19. The largest absolute Gasteiger partial charge is 0.416 e. The first-order valence-corrected chi connectivity index (χ1v) is 10.7. The van der Waals surface area contributed by atoms with Gasteiger partial charge in [-0.1, -0.05) is 31.3 Å². The molecule has 1 aliphatic carbocycles. The minimum Gasteiger partial charge on any atom is -0.354 e. The van der Waals surface area contributed by atoms with Crippen LogP contribution in [0.5, 0.6) is 0 Å². The third kappa shape index (κ3) is 8.54. The van der Waals surface area contributed by atoms with Crippen LogP contribution >= 0.6 is 24.0 Å². The van der Waals surface area contributed by atoms with Crippen molar-refractivity contribution in [3.63, 3.8) is 0 Å².